The van der Waals surface area contributed by atoms with Gasteiger partial charge < -0.3 is 5.11 Å². The van der Waals surface area contributed by atoms with E-state index in [-0.39, 0.29) is 13.0 Å². The molecule has 21 heavy (non-hydrogen) atoms. The normalized spacial score (nSPS) is 18.8. The molecule has 116 valence electrons. The number of rotatable bonds is 7. The number of hydrogen-bond donors (Lipinski definition) is 1. The van der Waals surface area contributed by atoms with Crippen molar-refractivity contribution in [3.63, 3.8) is 0 Å². The third kappa shape index (κ3) is 4.03. The van der Waals surface area contributed by atoms with Crippen LogP contribution < -0.4 is 0 Å². The Labute approximate surface area is 125 Å². The van der Waals surface area contributed by atoms with Crippen molar-refractivity contribution in [3.8, 4) is 0 Å². The first kappa shape index (κ1) is 16.0. The van der Waals surface area contributed by atoms with Crippen LogP contribution in [0.4, 0.5) is 4.39 Å². The van der Waals surface area contributed by atoms with Crippen LogP contribution >= 0.6 is 0 Å². The molecule has 1 fully saturated rings. The first-order valence-electron chi connectivity index (χ1n) is 7.75. The van der Waals surface area contributed by atoms with Gasteiger partial charge in [0.2, 0.25) is 5.67 Å². The number of hydrogen-bond acceptors (Lipinski definition) is 2. The number of carbonyl (C=O) groups is 1. The van der Waals surface area contributed by atoms with Crippen molar-refractivity contribution >= 4 is 5.97 Å². The van der Waals surface area contributed by atoms with Crippen LogP contribution in [0.3, 0.4) is 0 Å². The van der Waals surface area contributed by atoms with Crippen molar-refractivity contribution < 1.29 is 14.3 Å². The maximum Gasteiger partial charge on any atom is 0.342 e. The van der Waals surface area contributed by atoms with E-state index >= 15 is 0 Å². The molecule has 1 N–H and O–H groups in total. The molecule has 1 aromatic rings. The molecule has 0 saturated heterocycles. The van der Waals surface area contributed by atoms with Crippen molar-refractivity contribution in [2.24, 2.45) is 0 Å². The van der Waals surface area contributed by atoms with Gasteiger partial charge in [-0.3, -0.25) is 4.90 Å². The number of nitrogens with zero attached hydrogens (tertiary/aromatic N) is 1. The largest absolute Gasteiger partial charge is 0.479 e. The Morgan fingerprint density at radius 2 is 1.95 bits per heavy atom. The predicted molar refractivity (Wildman–Crippen MR) is 80.9 cm³/mol. The van der Waals surface area contributed by atoms with Crippen LogP contribution in [0, 0.1) is 0 Å². The molecule has 1 saturated carbocycles. The summed E-state index contributed by atoms with van der Waals surface area (Å²) in [7, 11) is 0. The zero-order valence-electron chi connectivity index (χ0n) is 12.6. The highest BCUT2D eigenvalue weighted by molar-refractivity contribution is 5.77. The lowest BCUT2D eigenvalue weighted by Gasteiger charge is -2.33. The molecule has 1 aliphatic rings. The average Bonchev–Trinajstić information content (AvgIpc) is 3.01. The van der Waals surface area contributed by atoms with Gasteiger partial charge in [-0.25, -0.2) is 9.18 Å². The molecule has 0 aliphatic heterocycles. The lowest BCUT2D eigenvalue weighted by atomic mass is 10.0. The van der Waals surface area contributed by atoms with Gasteiger partial charge in [-0.15, -0.1) is 0 Å². The van der Waals surface area contributed by atoms with Gasteiger partial charge in [0.1, 0.15) is 0 Å². The number of benzene rings is 1. The van der Waals surface area contributed by atoms with Gasteiger partial charge in [0, 0.05) is 19.1 Å². The summed E-state index contributed by atoms with van der Waals surface area (Å²) in [5.41, 5.74) is -1.05. The van der Waals surface area contributed by atoms with Crippen molar-refractivity contribution in [1.29, 1.82) is 0 Å². The molecule has 0 bridgehead atoms. The molecule has 3 nitrogen and oxygen atoms in total. The highest BCUT2D eigenvalue weighted by Crippen LogP contribution is 2.28. The Balaban J connectivity index is 2.14. The van der Waals surface area contributed by atoms with Crippen LogP contribution in [0.15, 0.2) is 30.3 Å². The molecule has 1 aliphatic carbocycles. The summed E-state index contributed by atoms with van der Waals surface area (Å²) in [5, 5.41) is 9.19. The van der Waals surface area contributed by atoms with Crippen LogP contribution in [0.5, 0.6) is 0 Å². The SMILES string of the molecule is CCC(F)(CN(Cc1ccccc1)C1CCCC1)C(=O)O. The van der Waals surface area contributed by atoms with Crippen molar-refractivity contribution in [2.45, 2.75) is 57.3 Å². The molecule has 0 aromatic heterocycles. The highest BCUT2D eigenvalue weighted by atomic mass is 19.1. The van der Waals surface area contributed by atoms with Crippen LogP contribution in [0.1, 0.15) is 44.6 Å². The lowest BCUT2D eigenvalue weighted by Crippen LogP contribution is -2.48. The van der Waals surface area contributed by atoms with E-state index in [1.165, 1.54) is 0 Å². The number of carboxylic acids is 1. The first-order valence-corrected chi connectivity index (χ1v) is 7.75. The summed E-state index contributed by atoms with van der Waals surface area (Å²) in [6.07, 6.45) is 4.36. The Morgan fingerprint density at radius 3 is 2.48 bits per heavy atom. The molecule has 0 amide bonds. The monoisotopic (exact) mass is 293 g/mol. The third-order valence-corrected chi connectivity index (χ3v) is 4.47. The molecular formula is C17H24FNO2. The molecule has 1 unspecified atom stereocenters. The number of alkyl halides is 1. The summed E-state index contributed by atoms with van der Waals surface area (Å²) in [6, 6.07) is 10.2. The smallest absolute Gasteiger partial charge is 0.342 e. The lowest BCUT2D eigenvalue weighted by molar-refractivity contribution is -0.153. The summed E-state index contributed by atoms with van der Waals surface area (Å²) >= 11 is 0. The van der Waals surface area contributed by atoms with Gasteiger partial charge in [-0.2, -0.15) is 0 Å². The predicted octanol–water partition coefficient (Wildman–Crippen LogP) is 3.63. The molecule has 0 spiro atoms. The maximum absolute atomic E-state index is 14.6. The Morgan fingerprint density at radius 1 is 1.33 bits per heavy atom. The summed E-state index contributed by atoms with van der Waals surface area (Å²) in [4.78, 5) is 13.3. The molecule has 1 atom stereocenters. The van der Waals surface area contributed by atoms with E-state index in [0.717, 1.165) is 31.2 Å². The summed E-state index contributed by atoms with van der Waals surface area (Å²) < 4.78 is 14.6. The van der Waals surface area contributed by atoms with Crippen molar-refractivity contribution in [1.82, 2.24) is 4.90 Å². The zero-order valence-corrected chi connectivity index (χ0v) is 12.6. The van der Waals surface area contributed by atoms with Gasteiger partial charge in [0.25, 0.3) is 0 Å². The van der Waals surface area contributed by atoms with Crippen LogP contribution in [-0.2, 0) is 11.3 Å². The van der Waals surface area contributed by atoms with E-state index in [1.807, 2.05) is 35.2 Å². The van der Waals surface area contributed by atoms with Crippen LogP contribution in [0.2, 0.25) is 0 Å². The summed E-state index contributed by atoms with van der Waals surface area (Å²) in [6.45, 7) is 2.19. The second-order valence-corrected chi connectivity index (χ2v) is 5.95. The fourth-order valence-corrected chi connectivity index (χ4v) is 3.05. The van der Waals surface area contributed by atoms with E-state index in [0.29, 0.717) is 12.6 Å². The molecule has 0 heterocycles. The standard InChI is InChI=1S/C17H24FNO2/c1-2-17(18,16(20)21)13-19(15-10-6-7-11-15)12-14-8-4-3-5-9-14/h3-5,8-9,15H,2,6-7,10-13H2,1H3,(H,20,21). The van der Waals surface area contributed by atoms with Gasteiger partial charge >= 0.3 is 5.97 Å². The van der Waals surface area contributed by atoms with E-state index in [9.17, 15) is 14.3 Å². The topological polar surface area (TPSA) is 40.5 Å². The van der Waals surface area contributed by atoms with Gasteiger partial charge in [-0.05, 0) is 24.8 Å². The number of carboxylic acid groups (broad SMARTS) is 1. The van der Waals surface area contributed by atoms with Gasteiger partial charge in [-0.1, -0.05) is 50.1 Å². The van der Waals surface area contributed by atoms with Crippen LogP contribution in [-0.4, -0.2) is 34.2 Å². The first-order chi connectivity index (χ1) is 10.0. The molecule has 1 aromatic carbocycles. The van der Waals surface area contributed by atoms with E-state index in [1.54, 1.807) is 6.92 Å². The Hall–Kier alpha value is -1.42. The summed E-state index contributed by atoms with van der Waals surface area (Å²) in [5.74, 6) is -1.35. The Bertz CT molecular complexity index is 459. The number of aliphatic carboxylic acids is 1. The second kappa shape index (κ2) is 7.03. The third-order valence-electron chi connectivity index (χ3n) is 4.47. The minimum atomic E-state index is -2.16. The average molecular weight is 293 g/mol. The van der Waals surface area contributed by atoms with E-state index in [2.05, 4.69) is 0 Å². The fraction of sp³-hybridized carbons (Fsp3) is 0.588. The van der Waals surface area contributed by atoms with E-state index in [4.69, 9.17) is 0 Å². The quantitative estimate of drug-likeness (QED) is 0.834. The minimum absolute atomic E-state index is 0.000340. The second-order valence-electron chi connectivity index (χ2n) is 5.95. The van der Waals surface area contributed by atoms with Gasteiger partial charge in [0.15, 0.2) is 0 Å². The van der Waals surface area contributed by atoms with Crippen molar-refractivity contribution in [3.05, 3.63) is 35.9 Å². The molecule has 4 heteroatoms. The number of halogens is 1. The maximum atomic E-state index is 14.6. The zero-order chi connectivity index (χ0) is 15.3. The fourth-order valence-electron chi connectivity index (χ4n) is 3.05. The highest BCUT2D eigenvalue weighted by Gasteiger charge is 2.40. The molecule has 0 radical (unpaired) electrons. The van der Waals surface area contributed by atoms with Crippen molar-refractivity contribution in [2.75, 3.05) is 6.54 Å². The molecule has 2 rings (SSSR count). The van der Waals surface area contributed by atoms with Crippen LogP contribution in [0.25, 0.3) is 0 Å². The van der Waals surface area contributed by atoms with Gasteiger partial charge in [0.05, 0.1) is 0 Å². The Kier molecular flexibility index (Phi) is 5.34. The van der Waals surface area contributed by atoms with E-state index < -0.39 is 11.6 Å². The minimum Gasteiger partial charge on any atom is -0.479 e. The molecular weight excluding hydrogens is 269 g/mol.